The summed E-state index contributed by atoms with van der Waals surface area (Å²) in [6.45, 7) is 4.25. The minimum absolute atomic E-state index is 0.371. The van der Waals surface area contributed by atoms with Gasteiger partial charge in [-0.3, -0.25) is 9.67 Å². The van der Waals surface area contributed by atoms with Crippen molar-refractivity contribution in [2.45, 2.75) is 32.7 Å². The highest BCUT2D eigenvalue weighted by molar-refractivity contribution is 7.88. The minimum atomic E-state index is -3.07. The van der Waals surface area contributed by atoms with Crippen LogP contribution in [0.15, 0.2) is 30.6 Å². The predicted octanol–water partition coefficient (Wildman–Crippen LogP) is 2.18. The van der Waals surface area contributed by atoms with Crippen LogP contribution in [-0.2, 0) is 23.0 Å². The summed E-state index contributed by atoms with van der Waals surface area (Å²) in [6.07, 6.45) is 7.74. The van der Waals surface area contributed by atoms with E-state index in [1.54, 1.807) is 10.5 Å². The first-order valence-corrected chi connectivity index (χ1v) is 10.2. The van der Waals surface area contributed by atoms with Gasteiger partial charge < -0.3 is 0 Å². The maximum absolute atomic E-state index is 11.6. The first kappa shape index (κ1) is 17.1. The summed E-state index contributed by atoms with van der Waals surface area (Å²) in [7, 11) is -3.07. The molecule has 2 aromatic rings. The van der Waals surface area contributed by atoms with Crippen molar-refractivity contribution in [3.05, 3.63) is 36.2 Å². The van der Waals surface area contributed by atoms with Gasteiger partial charge in [-0.05, 0) is 48.9 Å². The van der Waals surface area contributed by atoms with E-state index < -0.39 is 10.0 Å². The normalized spacial score (nSPS) is 19.0. The second kappa shape index (κ2) is 7.03. The molecule has 0 radical (unpaired) electrons. The van der Waals surface area contributed by atoms with E-state index in [0.29, 0.717) is 19.0 Å². The third-order valence-electron chi connectivity index (χ3n) is 4.48. The van der Waals surface area contributed by atoms with Crippen molar-refractivity contribution < 1.29 is 8.42 Å². The molecular weight excluding hydrogens is 324 g/mol. The van der Waals surface area contributed by atoms with E-state index in [2.05, 4.69) is 23.1 Å². The number of sulfonamides is 1. The molecule has 0 unspecified atom stereocenters. The monoisotopic (exact) mass is 348 g/mol. The Balaban J connectivity index is 1.73. The van der Waals surface area contributed by atoms with Crippen molar-refractivity contribution in [1.82, 2.24) is 19.1 Å². The molecule has 0 saturated carbocycles. The summed E-state index contributed by atoms with van der Waals surface area (Å²) in [5, 5.41) is 4.36. The van der Waals surface area contributed by atoms with Gasteiger partial charge in [-0.1, -0.05) is 6.92 Å². The van der Waals surface area contributed by atoms with Crippen LogP contribution in [0.5, 0.6) is 0 Å². The second-order valence-electron chi connectivity index (χ2n) is 6.47. The summed E-state index contributed by atoms with van der Waals surface area (Å²) in [5.74, 6) is 0.371. The third kappa shape index (κ3) is 3.84. The summed E-state index contributed by atoms with van der Waals surface area (Å²) in [5.41, 5.74) is 3.16. The third-order valence-corrected chi connectivity index (χ3v) is 5.75. The Morgan fingerprint density at radius 1 is 1.29 bits per heavy atom. The van der Waals surface area contributed by atoms with Crippen molar-refractivity contribution in [2.75, 3.05) is 19.3 Å². The molecule has 1 aliphatic heterocycles. The van der Waals surface area contributed by atoms with E-state index >= 15 is 0 Å². The Bertz CT molecular complexity index is 800. The smallest absolute Gasteiger partial charge is 0.211 e. The van der Waals surface area contributed by atoms with Gasteiger partial charge in [0, 0.05) is 32.0 Å². The zero-order chi connectivity index (χ0) is 17.2. The lowest BCUT2D eigenvalue weighted by Crippen LogP contribution is -2.27. The Morgan fingerprint density at radius 3 is 2.83 bits per heavy atom. The molecule has 1 saturated heterocycles. The van der Waals surface area contributed by atoms with Crippen molar-refractivity contribution in [2.24, 2.45) is 5.92 Å². The molecule has 130 valence electrons. The molecule has 24 heavy (non-hydrogen) atoms. The van der Waals surface area contributed by atoms with Gasteiger partial charge in [0.2, 0.25) is 10.0 Å². The minimum Gasteiger partial charge on any atom is -0.263 e. The number of nitrogens with zero attached hydrogens (tertiary/aromatic N) is 4. The van der Waals surface area contributed by atoms with Gasteiger partial charge in [-0.15, -0.1) is 0 Å². The fraction of sp³-hybridized carbons (Fsp3) is 0.529. The maximum atomic E-state index is 11.6. The van der Waals surface area contributed by atoms with E-state index in [-0.39, 0.29) is 0 Å². The van der Waals surface area contributed by atoms with Gasteiger partial charge in [-0.2, -0.15) is 5.10 Å². The van der Waals surface area contributed by atoms with Crippen molar-refractivity contribution >= 4 is 10.0 Å². The highest BCUT2D eigenvalue weighted by Crippen LogP contribution is 2.24. The van der Waals surface area contributed by atoms with Crippen LogP contribution in [0.1, 0.15) is 25.3 Å². The molecule has 2 aromatic heterocycles. The standard InChI is InChI=1S/C17H24N4O2S/c1-3-9-21-17(5-8-19-21)16-12-14(4-7-18-16)11-15-6-10-20(13-15)24(2,22)23/h4-5,7-8,12,15H,3,6,9-11,13H2,1-2H3/t15-/m0/s1. The molecule has 3 heterocycles. The van der Waals surface area contributed by atoms with Gasteiger partial charge in [-0.25, -0.2) is 12.7 Å². The predicted molar refractivity (Wildman–Crippen MR) is 94.0 cm³/mol. The second-order valence-corrected chi connectivity index (χ2v) is 8.45. The van der Waals surface area contributed by atoms with Crippen LogP contribution in [0.25, 0.3) is 11.4 Å². The zero-order valence-electron chi connectivity index (χ0n) is 14.2. The quantitative estimate of drug-likeness (QED) is 0.802. The molecule has 0 aromatic carbocycles. The first-order valence-electron chi connectivity index (χ1n) is 8.39. The molecule has 7 heteroatoms. The van der Waals surface area contributed by atoms with Gasteiger partial charge in [0.05, 0.1) is 17.6 Å². The van der Waals surface area contributed by atoms with E-state index in [1.807, 2.05) is 23.0 Å². The van der Waals surface area contributed by atoms with Crippen molar-refractivity contribution in [3.8, 4) is 11.4 Å². The maximum Gasteiger partial charge on any atom is 0.211 e. The van der Waals surface area contributed by atoms with E-state index in [9.17, 15) is 8.42 Å². The Hall–Kier alpha value is -1.73. The number of pyridine rings is 1. The summed E-state index contributed by atoms with van der Waals surface area (Å²) in [4.78, 5) is 4.49. The average molecular weight is 348 g/mol. The largest absolute Gasteiger partial charge is 0.263 e. The van der Waals surface area contributed by atoms with Crippen LogP contribution in [0.4, 0.5) is 0 Å². The fourth-order valence-electron chi connectivity index (χ4n) is 3.28. The van der Waals surface area contributed by atoms with Gasteiger partial charge in [0.25, 0.3) is 0 Å². The number of rotatable bonds is 6. The molecule has 0 amide bonds. The Labute approximate surface area is 143 Å². The van der Waals surface area contributed by atoms with Crippen molar-refractivity contribution in [1.29, 1.82) is 0 Å². The molecular formula is C17H24N4O2S. The lowest BCUT2D eigenvalue weighted by molar-refractivity contribution is 0.460. The molecule has 1 aliphatic rings. The number of hydrogen-bond donors (Lipinski definition) is 0. The lowest BCUT2D eigenvalue weighted by atomic mass is 9.98. The average Bonchev–Trinajstić information content (AvgIpc) is 3.17. The molecule has 1 atom stereocenters. The van der Waals surface area contributed by atoms with E-state index in [4.69, 9.17) is 0 Å². The molecule has 0 N–H and O–H groups in total. The van der Waals surface area contributed by atoms with Crippen LogP contribution in [0.3, 0.4) is 0 Å². The molecule has 0 spiro atoms. The topological polar surface area (TPSA) is 68.1 Å². The molecule has 6 nitrogen and oxygen atoms in total. The number of aromatic nitrogens is 3. The Morgan fingerprint density at radius 2 is 2.12 bits per heavy atom. The Kier molecular flexibility index (Phi) is 5.01. The lowest BCUT2D eigenvalue weighted by Gasteiger charge is -2.14. The highest BCUT2D eigenvalue weighted by atomic mass is 32.2. The molecule has 0 bridgehead atoms. The molecule has 3 rings (SSSR count). The van der Waals surface area contributed by atoms with E-state index in [0.717, 1.165) is 37.2 Å². The van der Waals surface area contributed by atoms with Crippen LogP contribution >= 0.6 is 0 Å². The molecule has 1 fully saturated rings. The van der Waals surface area contributed by atoms with Gasteiger partial charge in [0.15, 0.2) is 0 Å². The SMILES string of the molecule is CCCn1nccc1-c1cc(C[C@@H]2CCN(S(C)(=O)=O)C2)ccn1. The van der Waals surface area contributed by atoms with Gasteiger partial charge >= 0.3 is 0 Å². The van der Waals surface area contributed by atoms with E-state index in [1.165, 1.54) is 11.8 Å². The fourth-order valence-corrected chi connectivity index (χ4v) is 4.20. The molecule has 0 aliphatic carbocycles. The van der Waals surface area contributed by atoms with Crippen LogP contribution in [0, 0.1) is 5.92 Å². The van der Waals surface area contributed by atoms with Crippen LogP contribution < -0.4 is 0 Å². The highest BCUT2D eigenvalue weighted by Gasteiger charge is 2.28. The van der Waals surface area contributed by atoms with Crippen LogP contribution in [0.2, 0.25) is 0 Å². The number of hydrogen-bond acceptors (Lipinski definition) is 4. The summed E-state index contributed by atoms with van der Waals surface area (Å²) in [6, 6.07) is 6.11. The van der Waals surface area contributed by atoms with Crippen LogP contribution in [-0.4, -0.2) is 46.8 Å². The zero-order valence-corrected chi connectivity index (χ0v) is 15.0. The first-order chi connectivity index (χ1) is 11.5. The van der Waals surface area contributed by atoms with Crippen molar-refractivity contribution in [3.63, 3.8) is 0 Å². The summed E-state index contributed by atoms with van der Waals surface area (Å²) < 4.78 is 26.9. The number of aryl methyl sites for hydroxylation is 1. The van der Waals surface area contributed by atoms with Gasteiger partial charge in [0.1, 0.15) is 0 Å². The summed E-state index contributed by atoms with van der Waals surface area (Å²) >= 11 is 0.